The highest BCUT2D eigenvalue weighted by Gasteiger charge is 2.22. The molecular weight excluding hydrogens is 342 g/mol. The minimum atomic E-state index is -0.458. The van der Waals surface area contributed by atoms with E-state index in [1.165, 1.54) is 11.5 Å². The molecule has 0 fully saturated rings. The van der Waals surface area contributed by atoms with Gasteiger partial charge in [0.1, 0.15) is 5.75 Å². The number of carbonyl (C=O) groups excluding carboxylic acids is 2. The molecule has 0 N–H and O–H groups in total. The molecule has 1 heterocycles. The van der Waals surface area contributed by atoms with Gasteiger partial charge in [0, 0.05) is 22.9 Å². The fraction of sp³-hybridized carbons (Fsp3) is 0.158. The van der Waals surface area contributed by atoms with Gasteiger partial charge in [0.05, 0.1) is 18.3 Å². The number of hydrogen-bond acceptors (Lipinski definition) is 4. The van der Waals surface area contributed by atoms with Crippen molar-refractivity contribution in [1.82, 2.24) is 4.57 Å². The maximum atomic E-state index is 13.0. The fourth-order valence-electron chi connectivity index (χ4n) is 2.78. The van der Waals surface area contributed by atoms with Crippen LogP contribution in [0, 0.1) is 6.92 Å². The summed E-state index contributed by atoms with van der Waals surface area (Å²) in [4.78, 5) is 24.5. The molecule has 128 valence electrons. The first-order valence-corrected chi connectivity index (χ1v) is 7.98. The van der Waals surface area contributed by atoms with Crippen LogP contribution in [0.5, 0.6) is 11.5 Å². The molecule has 0 saturated heterocycles. The summed E-state index contributed by atoms with van der Waals surface area (Å²) in [5.41, 5.74) is 1.60. The summed E-state index contributed by atoms with van der Waals surface area (Å²) in [5.74, 6) is 0.235. The second kappa shape index (κ2) is 6.61. The Morgan fingerprint density at radius 3 is 2.52 bits per heavy atom. The highest BCUT2D eigenvalue weighted by molar-refractivity contribution is 6.31. The topological polar surface area (TPSA) is 57.5 Å². The number of rotatable bonds is 3. The van der Waals surface area contributed by atoms with Crippen molar-refractivity contribution in [3.05, 3.63) is 58.7 Å². The molecule has 3 rings (SSSR count). The smallest absolute Gasteiger partial charge is 0.308 e. The number of carbonyl (C=O) groups is 2. The summed E-state index contributed by atoms with van der Waals surface area (Å²) in [6, 6.07) is 12.0. The Bertz CT molecular complexity index is 990. The van der Waals surface area contributed by atoms with Gasteiger partial charge in [-0.1, -0.05) is 17.7 Å². The average Bonchev–Trinajstić information content (AvgIpc) is 2.85. The summed E-state index contributed by atoms with van der Waals surface area (Å²) in [5, 5.41) is 1.10. The van der Waals surface area contributed by atoms with E-state index in [-0.39, 0.29) is 5.91 Å². The standard InChI is InChI=1S/C19H16ClNO4/c1-11-18(25-12(2)22)16-10-15(24-3)7-8-17(16)21(11)19(23)13-5-4-6-14(20)9-13/h4-10H,1-3H3. The van der Waals surface area contributed by atoms with Crippen LogP contribution in [0.1, 0.15) is 23.0 Å². The van der Waals surface area contributed by atoms with Crippen LogP contribution in [0.25, 0.3) is 10.9 Å². The lowest BCUT2D eigenvalue weighted by atomic mass is 10.2. The number of aromatic nitrogens is 1. The van der Waals surface area contributed by atoms with Crippen molar-refractivity contribution in [3.63, 3.8) is 0 Å². The minimum absolute atomic E-state index is 0.256. The van der Waals surface area contributed by atoms with Crippen molar-refractivity contribution < 1.29 is 19.1 Å². The second-order valence-electron chi connectivity index (χ2n) is 5.54. The van der Waals surface area contributed by atoms with E-state index < -0.39 is 5.97 Å². The van der Waals surface area contributed by atoms with Gasteiger partial charge in [0.25, 0.3) is 5.91 Å². The van der Waals surface area contributed by atoms with Crippen LogP contribution in [0.15, 0.2) is 42.5 Å². The third-order valence-electron chi connectivity index (χ3n) is 3.87. The zero-order chi connectivity index (χ0) is 18.1. The molecule has 0 saturated carbocycles. The van der Waals surface area contributed by atoms with Crippen molar-refractivity contribution in [2.45, 2.75) is 13.8 Å². The summed E-state index contributed by atoms with van der Waals surface area (Å²) in [7, 11) is 1.55. The van der Waals surface area contributed by atoms with E-state index in [1.807, 2.05) is 0 Å². The number of nitrogens with zero attached hydrogens (tertiary/aromatic N) is 1. The molecule has 3 aromatic rings. The first kappa shape index (κ1) is 17.0. The van der Waals surface area contributed by atoms with Crippen LogP contribution >= 0.6 is 11.6 Å². The van der Waals surface area contributed by atoms with Crippen LogP contribution in [0.4, 0.5) is 0 Å². The number of methoxy groups -OCH3 is 1. The number of halogens is 1. The third-order valence-corrected chi connectivity index (χ3v) is 4.11. The van der Waals surface area contributed by atoms with Gasteiger partial charge in [0.2, 0.25) is 0 Å². The van der Waals surface area contributed by atoms with Gasteiger partial charge >= 0.3 is 5.97 Å². The Balaban J connectivity index is 2.25. The molecule has 6 heteroatoms. The zero-order valence-corrected chi connectivity index (χ0v) is 14.8. The van der Waals surface area contributed by atoms with Gasteiger partial charge < -0.3 is 9.47 Å². The van der Waals surface area contributed by atoms with Crippen LogP contribution < -0.4 is 9.47 Å². The van der Waals surface area contributed by atoms with Gasteiger partial charge in [0.15, 0.2) is 5.75 Å². The molecule has 0 bridgehead atoms. The lowest BCUT2D eigenvalue weighted by Gasteiger charge is -2.08. The first-order valence-electron chi connectivity index (χ1n) is 7.60. The molecule has 0 radical (unpaired) electrons. The molecule has 2 aromatic carbocycles. The Kier molecular flexibility index (Phi) is 4.51. The molecule has 0 amide bonds. The molecule has 0 unspecified atom stereocenters. The van der Waals surface area contributed by atoms with Gasteiger partial charge in [-0.05, 0) is 43.3 Å². The number of hydrogen-bond donors (Lipinski definition) is 0. The maximum absolute atomic E-state index is 13.0. The van der Waals surface area contributed by atoms with Gasteiger partial charge in [-0.25, -0.2) is 0 Å². The minimum Gasteiger partial charge on any atom is -0.497 e. The van der Waals surface area contributed by atoms with E-state index in [4.69, 9.17) is 21.1 Å². The van der Waals surface area contributed by atoms with Crippen molar-refractivity contribution in [2.75, 3.05) is 7.11 Å². The SMILES string of the molecule is COc1ccc2c(c1)c(OC(C)=O)c(C)n2C(=O)c1cccc(Cl)c1. The van der Waals surface area contributed by atoms with E-state index in [2.05, 4.69) is 0 Å². The monoisotopic (exact) mass is 357 g/mol. The molecule has 0 aliphatic carbocycles. The molecule has 0 atom stereocenters. The lowest BCUT2D eigenvalue weighted by Crippen LogP contribution is -2.13. The number of esters is 1. The van der Waals surface area contributed by atoms with E-state index in [0.717, 1.165) is 0 Å². The van der Waals surface area contributed by atoms with Gasteiger partial charge in [-0.2, -0.15) is 0 Å². The summed E-state index contributed by atoms with van der Waals surface area (Å²) in [6.07, 6.45) is 0. The Morgan fingerprint density at radius 2 is 1.88 bits per heavy atom. The fourth-order valence-corrected chi connectivity index (χ4v) is 2.97. The number of ether oxygens (including phenoxy) is 2. The molecule has 0 spiro atoms. The van der Waals surface area contributed by atoms with E-state index in [0.29, 0.717) is 38.7 Å². The van der Waals surface area contributed by atoms with Crippen LogP contribution in [0.3, 0.4) is 0 Å². The zero-order valence-electron chi connectivity index (χ0n) is 14.0. The van der Waals surface area contributed by atoms with E-state index in [9.17, 15) is 9.59 Å². The van der Waals surface area contributed by atoms with Gasteiger partial charge in [-0.15, -0.1) is 0 Å². The molecular formula is C19H16ClNO4. The third kappa shape index (κ3) is 3.10. The highest BCUT2D eigenvalue weighted by atomic mass is 35.5. The molecule has 1 aromatic heterocycles. The highest BCUT2D eigenvalue weighted by Crippen LogP contribution is 2.36. The van der Waals surface area contributed by atoms with Crippen molar-refractivity contribution in [1.29, 1.82) is 0 Å². The predicted octanol–water partition coefficient (Wildman–Crippen LogP) is 4.23. The number of fused-ring (bicyclic) bond motifs is 1. The van der Waals surface area contributed by atoms with Crippen LogP contribution in [0.2, 0.25) is 5.02 Å². The number of benzene rings is 2. The van der Waals surface area contributed by atoms with E-state index >= 15 is 0 Å². The summed E-state index contributed by atoms with van der Waals surface area (Å²) >= 11 is 6.00. The van der Waals surface area contributed by atoms with Crippen molar-refractivity contribution >= 4 is 34.4 Å². The molecule has 5 nitrogen and oxygen atoms in total. The lowest BCUT2D eigenvalue weighted by molar-refractivity contribution is -0.131. The Hall–Kier alpha value is -2.79. The molecule has 25 heavy (non-hydrogen) atoms. The Labute approximate surface area is 149 Å². The van der Waals surface area contributed by atoms with Crippen LogP contribution in [-0.2, 0) is 4.79 Å². The quantitative estimate of drug-likeness (QED) is 0.658. The normalized spacial score (nSPS) is 10.7. The summed E-state index contributed by atoms with van der Waals surface area (Å²) in [6.45, 7) is 3.05. The first-order chi connectivity index (χ1) is 11.9. The largest absolute Gasteiger partial charge is 0.497 e. The van der Waals surface area contributed by atoms with Gasteiger partial charge in [-0.3, -0.25) is 14.2 Å². The van der Waals surface area contributed by atoms with Crippen molar-refractivity contribution in [2.24, 2.45) is 0 Å². The van der Waals surface area contributed by atoms with Crippen molar-refractivity contribution in [3.8, 4) is 11.5 Å². The van der Waals surface area contributed by atoms with Crippen LogP contribution in [-0.4, -0.2) is 23.6 Å². The Morgan fingerprint density at radius 1 is 1.12 bits per heavy atom. The maximum Gasteiger partial charge on any atom is 0.308 e. The predicted molar refractivity (Wildman–Crippen MR) is 95.7 cm³/mol. The second-order valence-corrected chi connectivity index (χ2v) is 5.98. The molecule has 0 aliphatic rings. The summed E-state index contributed by atoms with van der Waals surface area (Å²) < 4.78 is 12.1. The van der Waals surface area contributed by atoms with E-state index in [1.54, 1.807) is 56.5 Å². The average molecular weight is 358 g/mol. The molecule has 0 aliphatic heterocycles.